The molecule has 2 N–H and O–H groups in total. The van der Waals surface area contributed by atoms with Crippen LogP contribution in [-0.2, 0) is 31.2 Å². The van der Waals surface area contributed by atoms with E-state index in [9.17, 15) is 4.79 Å². The van der Waals surface area contributed by atoms with Crippen molar-refractivity contribution in [1.82, 2.24) is 24.9 Å². The highest BCUT2D eigenvalue weighted by atomic mass is 35.5. The topological polar surface area (TPSA) is 90.3 Å². The molecule has 4 heterocycles. The highest BCUT2D eigenvalue weighted by Gasteiger charge is 2.30. The predicted octanol–water partition coefficient (Wildman–Crippen LogP) is 5.50. The SMILES string of the molecule is CC.CC(=O)N1CCc2[nH]nc(N3CCCc4c3ccc(-c3cnn(C)c3)c4Cl)c2C1.CC(C)CCO. The summed E-state index contributed by atoms with van der Waals surface area (Å²) in [6.45, 7) is 12.4. The van der Waals surface area contributed by atoms with Gasteiger partial charge in [0.15, 0.2) is 5.82 Å². The highest BCUT2D eigenvalue weighted by Crippen LogP contribution is 2.42. The van der Waals surface area contributed by atoms with Crippen molar-refractivity contribution in [3.8, 4) is 11.1 Å². The van der Waals surface area contributed by atoms with E-state index < -0.39 is 0 Å². The first-order chi connectivity index (χ1) is 17.8. The number of anilines is 2. The Labute approximate surface area is 225 Å². The second-order valence-electron chi connectivity index (χ2n) is 9.68. The van der Waals surface area contributed by atoms with Crippen LogP contribution in [0.3, 0.4) is 0 Å². The molecule has 5 rings (SSSR count). The van der Waals surface area contributed by atoms with E-state index in [-0.39, 0.29) is 5.91 Å². The fourth-order valence-corrected chi connectivity index (χ4v) is 5.03. The van der Waals surface area contributed by atoms with Crippen LogP contribution in [-0.4, -0.2) is 55.6 Å². The van der Waals surface area contributed by atoms with Gasteiger partial charge in [0.2, 0.25) is 5.91 Å². The van der Waals surface area contributed by atoms with Crippen LogP contribution in [0.15, 0.2) is 24.5 Å². The van der Waals surface area contributed by atoms with Gasteiger partial charge in [-0.15, -0.1) is 0 Å². The maximum absolute atomic E-state index is 11.9. The number of aryl methyl sites for hydroxylation is 1. The van der Waals surface area contributed by atoms with E-state index in [1.54, 1.807) is 11.6 Å². The van der Waals surface area contributed by atoms with Gasteiger partial charge in [-0.1, -0.05) is 45.4 Å². The number of rotatable bonds is 4. The number of aliphatic hydroxyl groups is 1. The van der Waals surface area contributed by atoms with Crippen molar-refractivity contribution < 1.29 is 9.90 Å². The van der Waals surface area contributed by atoms with E-state index in [1.807, 2.05) is 38.2 Å². The molecule has 2 aliphatic rings. The van der Waals surface area contributed by atoms with Crippen molar-refractivity contribution >= 4 is 29.0 Å². The molecule has 0 fully saturated rings. The van der Waals surface area contributed by atoms with Crippen LogP contribution >= 0.6 is 11.6 Å². The number of H-pyrrole nitrogens is 1. The molecule has 1 amide bonds. The molecule has 0 saturated carbocycles. The number of halogens is 1. The summed E-state index contributed by atoms with van der Waals surface area (Å²) >= 11 is 6.86. The standard InChI is InChI=1S/C21H23ClN6O.C5H12O.C2H6/c1-13(29)27-9-7-18-17(12-27)21(25-24-18)28-8-3-4-16-19(28)6-5-15(20(16)22)14-10-23-26(2)11-14;1-5(2)3-4-6;1-2/h5-6,10-11H,3-4,7-9,12H2,1-2H3,(H,24,25);5-6H,3-4H2,1-2H3;1-2H3. The summed E-state index contributed by atoms with van der Waals surface area (Å²) in [5, 5.41) is 21.1. The van der Waals surface area contributed by atoms with E-state index >= 15 is 0 Å². The molecule has 1 aromatic carbocycles. The van der Waals surface area contributed by atoms with Crippen LogP contribution in [0.2, 0.25) is 5.02 Å². The second kappa shape index (κ2) is 13.1. The summed E-state index contributed by atoms with van der Waals surface area (Å²) in [5.74, 6) is 1.66. The number of carbonyl (C=O) groups excluding carboxylic acids is 1. The Morgan fingerprint density at radius 1 is 1.19 bits per heavy atom. The third kappa shape index (κ3) is 6.54. The van der Waals surface area contributed by atoms with Crippen LogP contribution in [0.4, 0.5) is 11.5 Å². The van der Waals surface area contributed by atoms with Crippen LogP contribution < -0.4 is 4.90 Å². The lowest BCUT2D eigenvalue weighted by molar-refractivity contribution is -0.129. The molecule has 37 heavy (non-hydrogen) atoms. The lowest BCUT2D eigenvalue weighted by Gasteiger charge is -2.33. The zero-order valence-electron chi connectivity index (χ0n) is 23.0. The van der Waals surface area contributed by atoms with E-state index in [2.05, 4.69) is 46.2 Å². The van der Waals surface area contributed by atoms with Gasteiger partial charge in [0.05, 0.1) is 17.8 Å². The third-order valence-electron chi connectivity index (χ3n) is 6.65. The van der Waals surface area contributed by atoms with Crippen LogP contribution in [0.5, 0.6) is 0 Å². The van der Waals surface area contributed by atoms with Crippen molar-refractivity contribution in [3.63, 3.8) is 0 Å². The minimum atomic E-state index is 0.103. The monoisotopic (exact) mass is 528 g/mol. The van der Waals surface area contributed by atoms with Crippen molar-refractivity contribution in [1.29, 1.82) is 0 Å². The van der Waals surface area contributed by atoms with E-state index in [0.717, 1.165) is 83.2 Å². The number of carbonyl (C=O) groups is 1. The first-order valence-corrected chi connectivity index (χ1v) is 13.7. The van der Waals surface area contributed by atoms with Gasteiger partial charge in [0.25, 0.3) is 0 Å². The largest absolute Gasteiger partial charge is 0.396 e. The van der Waals surface area contributed by atoms with Crippen LogP contribution in [0.1, 0.15) is 64.3 Å². The molecule has 8 nitrogen and oxygen atoms in total. The third-order valence-corrected chi connectivity index (χ3v) is 7.08. The Hall–Kier alpha value is -2.84. The van der Waals surface area contributed by atoms with Crippen LogP contribution in [0, 0.1) is 5.92 Å². The number of fused-ring (bicyclic) bond motifs is 2. The van der Waals surface area contributed by atoms with Crippen molar-refractivity contribution in [2.45, 2.75) is 66.8 Å². The Bertz CT molecular complexity index is 1190. The van der Waals surface area contributed by atoms with Crippen molar-refractivity contribution in [2.24, 2.45) is 13.0 Å². The molecule has 0 saturated heterocycles. The van der Waals surface area contributed by atoms with Crippen molar-refractivity contribution in [3.05, 3.63) is 46.4 Å². The zero-order valence-corrected chi connectivity index (χ0v) is 23.8. The lowest BCUT2D eigenvalue weighted by Crippen LogP contribution is -2.35. The number of aromatic amines is 1. The fourth-order valence-electron chi connectivity index (χ4n) is 4.67. The molecule has 2 aromatic heterocycles. The Morgan fingerprint density at radius 3 is 2.54 bits per heavy atom. The highest BCUT2D eigenvalue weighted by molar-refractivity contribution is 6.34. The summed E-state index contributed by atoms with van der Waals surface area (Å²) in [5.41, 5.74) is 6.52. The number of hydrogen-bond donors (Lipinski definition) is 2. The molecule has 0 radical (unpaired) electrons. The van der Waals surface area contributed by atoms with Gasteiger partial charge in [-0.25, -0.2) is 0 Å². The number of amides is 1. The lowest BCUT2D eigenvalue weighted by atomic mass is 9.96. The van der Waals surface area contributed by atoms with E-state index in [4.69, 9.17) is 16.7 Å². The molecule has 0 atom stereocenters. The Balaban J connectivity index is 0.000000421. The number of benzene rings is 1. The molecule has 2 aliphatic heterocycles. The molecule has 0 spiro atoms. The first-order valence-electron chi connectivity index (χ1n) is 13.3. The van der Waals surface area contributed by atoms with Crippen LogP contribution in [0.25, 0.3) is 11.1 Å². The normalized spacial score (nSPS) is 14.3. The molecule has 202 valence electrons. The van der Waals surface area contributed by atoms with Gasteiger partial charge in [0.1, 0.15) is 0 Å². The number of nitrogens with zero attached hydrogens (tertiary/aromatic N) is 5. The zero-order chi connectivity index (χ0) is 27.1. The summed E-state index contributed by atoms with van der Waals surface area (Å²) in [6, 6.07) is 4.20. The quantitative estimate of drug-likeness (QED) is 0.466. The van der Waals surface area contributed by atoms with Gasteiger partial charge >= 0.3 is 0 Å². The van der Waals surface area contributed by atoms with Gasteiger partial charge in [-0.05, 0) is 36.8 Å². The summed E-state index contributed by atoms with van der Waals surface area (Å²) < 4.78 is 1.79. The Morgan fingerprint density at radius 2 is 1.95 bits per heavy atom. The summed E-state index contributed by atoms with van der Waals surface area (Å²) in [7, 11) is 1.91. The van der Waals surface area contributed by atoms with E-state index in [1.165, 1.54) is 0 Å². The molecule has 3 aromatic rings. The molecule has 9 heteroatoms. The van der Waals surface area contributed by atoms with Crippen molar-refractivity contribution in [2.75, 3.05) is 24.6 Å². The molecule has 0 bridgehead atoms. The summed E-state index contributed by atoms with van der Waals surface area (Å²) in [6.07, 6.45) is 7.50. The molecule has 0 unspecified atom stereocenters. The average molecular weight is 529 g/mol. The number of aromatic nitrogens is 4. The van der Waals surface area contributed by atoms with Gasteiger partial charge < -0.3 is 14.9 Å². The summed E-state index contributed by atoms with van der Waals surface area (Å²) in [4.78, 5) is 16.0. The number of aliphatic hydroxyl groups excluding tert-OH is 1. The van der Waals surface area contributed by atoms with E-state index in [0.29, 0.717) is 19.1 Å². The molecular weight excluding hydrogens is 488 g/mol. The number of nitrogens with one attached hydrogen (secondary N) is 1. The number of hydrogen-bond acceptors (Lipinski definition) is 5. The first kappa shape index (κ1) is 28.7. The Kier molecular flexibility index (Phi) is 10.2. The van der Waals surface area contributed by atoms with Gasteiger partial charge in [-0.2, -0.15) is 10.2 Å². The maximum Gasteiger partial charge on any atom is 0.219 e. The maximum atomic E-state index is 11.9. The second-order valence-corrected chi connectivity index (χ2v) is 10.1. The average Bonchev–Trinajstić information content (AvgIpc) is 3.51. The predicted molar refractivity (Wildman–Crippen MR) is 150 cm³/mol. The fraction of sp³-hybridized carbons (Fsp3) is 0.536. The molecular formula is C28H41ClN6O2. The molecule has 0 aliphatic carbocycles. The minimum absolute atomic E-state index is 0.103. The van der Waals surface area contributed by atoms with Gasteiger partial charge in [-0.3, -0.25) is 14.6 Å². The smallest absolute Gasteiger partial charge is 0.219 e. The minimum Gasteiger partial charge on any atom is -0.396 e. The van der Waals surface area contributed by atoms with Gasteiger partial charge in [0, 0.05) is 74.4 Å².